The van der Waals surface area contributed by atoms with Crippen LogP contribution in [0.4, 0.5) is 10.5 Å². The first-order chi connectivity index (χ1) is 11.2. The van der Waals surface area contributed by atoms with Crippen molar-refractivity contribution in [3.8, 4) is 5.75 Å². The molecular weight excluding hydrogens is 310 g/mol. The van der Waals surface area contributed by atoms with Gasteiger partial charge in [0.15, 0.2) is 0 Å². The van der Waals surface area contributed by atoms with Gasteiger partial charge >= 0.3 is 6.09 Å². The van der Waals surface area contributed by atoms with E-state index in [0.29, 0.717) is 26.2 Å². The molecule has 24 heavy (non-hydrogen) atoms. The van der Waals surface area contributed by atoms with Gasteiger partial charge in [0.1, 0.15) is 17.9 Å². The van der Waals surface area contributed by atoms with Crippen molar-refractivity contribution < 1.29 is 19.4 Å². The number of ether oxygens (including phenoxy) is 1. The summed E-state index contributed by atoms with van der Waals surface area (Å²) >= 11 is 0. The molecule has 7 nitrogen and oxygen atoms in total. The van der Waals surface area contributed by atoms with E-state index >= 15 is 0 Å². The van der Waals surface area contributed by atoms with Crippen molar-refractivity contribution in [1.82, 2.24) is 10.2 Å². The Morgan fingerprint density at radius 3 is 2.25 bits per heavy atom. The molecule has 132 valence electrons. The Labute approximate surface area is 142 Å². The van der Waals surface area contributed by atoms with Gasteiger partial charge in [0.05, 0.1) is 0 Å². The second kappa shape index (κ2) is 7.42. The van der Waals surface area contributed by atoms with Crippen LogP contribution in [0.25, 0.3) is 0 Å². The highest BCUT2D eigenvalue weighted by Crippen LogP contribution is 2.19. The topological polar surface area (TPSA) is 82.1 Å². The fraction of sp³-hybridized carbons (Fsp3) is 0.529. The maximum atomic E-state index is 12.2. The number of carbonyl (C=O) groups is 2. The molecule has 0 unspecified atom stereocenters. The summed E-state index contributed by atoms with van der Waals surface area (Å²) in [5, 5.41) is 11.8. The summed E-state index contributed by atoms with van der Waals surface area (Å²) in [5.74, 6) is 0.118. The molecule has 7 heteroatoms. The van der Waals surface area contributed by atoms with Crippen molar-refractivity contribution in [1.29, 1.82) is 0 Å². The van der Waals surface area contributed by atoms with Gasteiger partial charge in [0.2, 0.25) is 5.91 Å². The Hall–Kier alpha value is -2.44. The minimum absolute atomic E-state index is 0.0614. The Morgan fingerprint density at radius 2 is 1.71 bits per heavy atom. The van der Waals surface area contributed by atoms with E-state index in [9.17, 15) is 14.7 Å². The number of aromatic hydroxyl groups is 1. The van der Waals surface area contributed by atoms with Gasteiger partial charge in [-0.15, -0.1) is 0 Å². The number of piperazine rings is 1. The highest BCUT2D eigenvalue weighted by atomic mass is 16.6. The third kappa shape index (κ3) is 5.33. The van der Waals surface area contributed by atoms with Gasteiger partial charge in [-0.3, -0.25) is 4.79 Å². The Morgan fingerprint density at radius 1 is 1.12 bits per heavy atom. The summed E-state index contributed by atoms with van der Waals surface area (Å²) in [7, 11) is 0. The van der Waals surface area contributed by atoms with Crippen molar-refractivity contribution in [2.45, 2.75) is 26.4 Å². The van der Waals surface area contributed by atoms with Gasteiger partial charge in [-0.2, -0.15) is 0 Å². The zero-order valence-corrected chi connectivity index (χ0v) is 14.4. The highest BCUT2D eigenvalue weighted by molar-refractivity contribution is 5.82. The predicted octanol–water partition coefficient (Wildman–Crippen LogP) is 1.57. The first-order valence-corrected chi connectivity index (χ1v) is 8.03. The molecule has 1 heterocycles. The number of amides is 2. The monoisotopic (exact) mass is 335 g/mol. The summed E-state index contributed by atoms with van der Waals surface area (Å²) in [6.07, 6.45) is -0.585. The predicted molar refractivity (Wildman–Crippen MR) is 91.1 cm³/mol. The number of benzene rings is 1. The third-order valence-electron chi connectivity index (χ3n) is 3.63. The molecule has 0 saturated carbocycles. The van der Waals surface area contributed by atoms with Crippen LogP contribution >= 0.6 is 0 Å². The molecule has 1 aromatic rings. The Bertz CT molecular complexity index is 572. The molecule has 1 fully saturated rings. The van der Waals surface area contributed by atoms with Crippen LogP contribution in [0.3, 0.4) is 0 Å². The van der Waals surface area contributed by atoms with Crippen LogP contribution in [-0.2, 0) is 9.53 Å². The molecule has 0 atom stereocenters. The number of carbonyl (C=O) groups excluding carboxylic acids is 2. The number of anilines is 1. The van der Waals surface area contributed by atoms with E-state index in [0.717, 1.165) is 5.69 Å². The van der Waals surface area contributed by atoms with Crippen molar-refractivity contribution in [3.05, 3.63) is 24.3 Å². The maximum absolute atomic E-state index is 12.2. The lowest BCUT2D eigenvalue weighted by molar-refractivity contribution is -0.130. The van der Waals surface area contributed by atoms with Gasteiger partial charge in [-0.1, -0.05) is 0 Å². The lowest BCUT2D eigenvalue weighted by atomic mass is 10.2. The molecule has 1 saturated heterocycles. The number of nitrogens with one attached hydrogen (secondary N) is 1. The summed E-state index contributed by atoms with van der Waals surface area (Å²) in [5.41, 5.74) is 0.440. The average molecular weight is 335 g/mol. The van der Waals surface area contributed by atoms with E-state index in [2.05, 4.69) is 10.2 Å². The normalized spacial score (nSPS) is 15.1. The Kier molecular flexibility index (Phi) is 5.54. The molecule has 0 spiro atoms. The number of alkyl carbamates (subject to hydrolysis) is 1. The van der Waals surface area contributed by atoms with E-state index in [1.54, 1.807) is 37.8 Å². The SMILES string of the molecule is CC(C)(C)OC(=O)NCC(=O)N1CCN(c2ccc(O)cc2)CC1. The standard InChI is InChI=1S/C17H25N3O4/c1-17(2,3)24-16(23)18-12-15(22)20-10-8-19(9-11-20)13-4-6-14(21)7-5-13/h4-7,21H,8-12H2,1-3H3,(H,18,23). The number of phenolic OH excluding ortho intramolecular Hbond substituents is 1. The molecule has 0 aromatic heterocycles. The van der Waals surface area contributed by atoms with Gasteiger partial charge in [-0.25, -0.2) is 4.79 Å². The van der Waals surface area contributed by atoms with Gasteiger partial charge < -0.3 is 25.0 Å². The van der Waals surface area contributed by atoms with Crippen LogP contribution in [0.1, 0.15) is 20.8 Å². The molecule has 1 aliphatic rings. The third-order valence-corrected chi connectivity index (χ3v) is 3.63. The summed E-state index contributed by atoms with van der Waals surface area (Å²) in [6.45, 7) is 7.87. The van der Waals surface area contributed by atoms with Gasteiger partial charge in [0, 0.05) is 31.9 Å². The number of phenols is 1. The van der Waals surface area contributed by atoms with Crippen LogP contribution in [0.2, 0.25) is 0 Å². The minimum Gasteiger partial charge on any atom is -0.508 e. The summed E-state index contributed by atoms with van der Waals surface area (Å²) < 4.78 is 5.11. The molecule has 0 radical (unpaired) electrons. The number of hydrogen-bond acceptors (Lipinski definition) is 5. The van der Waals surface area contributed by atoms with Crippen molar-refractivity contribution in [2.24, 2.45) is 0 Å². The zero-order valence-electron chi connectivity index (χ0n) is 14.4. The van der Waals surface area contributed by atoms with E-state index in [1.807, 2.05) is 12.1 Å². The van der Waals surface area contributed by atoms with Gasteiger partial charge in [0.25, 0.3) is 0 Å². The molecule has 2 N–H and O–H groups in total. The number of rotatable bonds is 3. The summed E-state index contributed by atoms with van der Waals surface area (Å²) in [4.78, 5) is 27.6. The smallest absolute Gasteiger partial charge is 0.408 e. The highest BCUT2D eigenvalue weighted by Gasteiger charge is 2.22. The van der Waals surface area contributed by atoms with Crippen molar-refractivity contribution in [3.63, 3.8) is 0 Å². The summed E-state index contributed by atoms with van der Waals surface area (Å²) in [6, 6.07) is 7.02. The molecule has 2 rings (SSSR count). The van der Waals surface area contributed by atoms with Crippen molar-refractivity contribution >= 4 is 17.7 Å². The maximum Gasteiger partial charge on any atom is 0.408 e. The Balaban J connectivity index is 1.76. The first-order valence-electron chi connectivity index (χ1n) is 8.03. The quantitative estimate of drug-likeness (QED) is 0.876. The lowest BCUT2D eigenvalue weighted by Gasteiger charge is -2.36. The fourth-order valence-corrected chi connectivity index (χ4v) is 2.45. The van der Waals surface area contributed by atoms with Crippen molar-refractivity contribution in [2.75, 3.05) is 37.6 Å². The van der Waals surface area contributed by atoms with E-state index in [4.69, 9.17) is 4.74 Å². The van der Waals surface area contributed by atoms with Crippen LogP contribution in [-0.4, -0.2) is 60.3 Å². The largest absolute Gasteiger partial charge is 0.508 e. The van der Waals surface area contributed by atoms with Crippen LogP contribution < -0.4 is 10.2 Å². The molecule has 0 aliphatic carbocycles. The van der Waals surface area contributed by atoms with E-state index < -0.39 is 11.7 Å². The van der Waals surface area contributed by atoms with E-state index in [1.165, 1.54) is 0 Å². The molecule has 2 amide bonds. The second-order valence-corrected chi connectivity index (χ2v) is 6.74. The van der Waals surface area contributed by atoms with Crippen LogP contribution in [0, 0.1) is 0 Å². The number of hydrogen-bond donors (Lipinski definition) is 2. The fourth-order valence-electron chi connectivity index (χ4n) is 2.45. The number of nitrogens with zero attached hydrogens (tertiary/aromatic N) is 2. The lowest BCUT2D eigenvalue weighted by Crippen LogP contribution is -2.51. The van der Waals surface area contributed by atoms with E-state index in [-0.39, 0.29) is 18.2 Å². The average Bonchev–Trinajstić information content (AvgIpc) is 2.52. The van der Waals surface area contributed by atoms with Crippen LogP contribution in [0.5, 0.6) is 5.75 Å². The minimum atomic E-state index is -0.585. The molecule has 0 bridgehead atoms. The van der Waals surface area contributed by atoms with Gasteiger partial charge in [-0.05, 0) is 45.0 Å². The zero-order chi connectivity index (χ0) is 17.7. The molecule has 1 aliphatic heterocycles. The molecule has 1 aromatic carbocycles. The van der Waals surface area contributed by atoms with Crippen LogP contribution in [0.15, 0.2) is 24.3 Å². The second-order valence-electron chi connectivity index (χ2n) is 6.74. The molecular formula is C17H25N3O4. The first kappa shape index (κ1) is 17.9.